The molecule has 2 aliphatic rings. The highest BCUT2D eigenvalue weighted by Crippen LogP contribution is 2.36. The third-order valence-corrected chi connectivity index (χ3v) is 6.35. The number of nitrogens with zero attached hydrogens (tertiary/aromatic N) is 2. The topological polar surface area (TPSA) is 138 Å². The molecule has 0 spiro atoms. The zero-order chi connectivity index (χ0) is 23.2. The van der Waals surface area contributed by atoms with Crippen LogP contribution in [0.2, 0.25) is 0 Å². The number of aromatic nitrogens is 3. The largest absolute Gasteiger partial charge is 0.481 e. The van der Waals surface area contributed by atoms with E-state index in [-0.39, 0.29) is 42.6 Å². The van der Waals surface area contributed by atoms with Gasteiger partial charge in [-0.1, -0.05) is 0 Å². The summed E-state index contributed by atoms with van der Waals surface area (Å²) < 4.78 is 10.7. The number of anilines is 1. The van der Waals surface area contributed by atoms with E-state index in [1.807, 2.05) is 6.07 Å². The molecule has 4 rings (SSSR count). The quantitative estimate of drug-likeness (QED) is 0.501. The number of hydrogen-bond donors (Lipinski definition) is 4. The van der Waals surface area contributed by atoms with Gasteiger partial charge in [-0.2, -0.15) is 5.10 Å². The summed E-state index contributed by atoms with van der Waals surface area (Å²) in [4.78, 5) is 28.6. The van der Waals surface area contributed by atoms with E-state index in [1.165, 1.54) is 7.11 Å². The fraction of sp³-hybridized carbons (Fsp3) is 0.565. The van der Waals surface area contributed by atoms with Gasteiger partial charge in [-0.15, -0.1) is 0 Å². The van der Waals surface area contributed by atoms with Gasteiger partial charge in [0.1, 0.15) is 6.10 Å². The van der Waals surface area contributed by atoms with E-state index in [2.05, 4.69) is 25.8 Å². The van der Waals surface area contributed by atoms with Crippen LogP contribution in [0.1, 0.15) is 62.1 Å². The maximum atomic E-state index is 12.4. The van der Waals surface area contributed by atoms with Crippen LogP contribution in [0.4, 0.5) is 10.6 Å². The predicted molar refractivity (Wildman–Crippen MR) is 120 cm³/mol. The number of nitrogens with one attached hydrogen (secondary N) is 3. The summed E-state index contributed by atoms with van der Waals surface area (Å²) in [5, 5.41) is 22.5. The van der Waals surface area contributed by atoms with Gasteiger partial charge in [-0.25, -0.2) is 9.78 Å². The first-order valence-electron chi connectivity index (χ1n) is 11.5. The Balaban J connectivity index is 1.22. The predicted octanol–water partition coefficient (Wildman–Crippen LogP) is 2.66. The molecule has 0 unspecified atom stereocenters. The summed E-state index contributed by atoms with van der Waals surface area (Å²) in [6.45, 7) is 0. The molecule has 2 aliphatic carbocycles. The van der Waals surface area contributed by atoms with Crippen LogP contribution in [0, 0.1) is 0 Å². The Morgan fingerprint density at radius 1 is 1.18 bits per heavy atom. The Hall–Kier alpha value is -3.14. The number of rotatable bonds is 7. The molecule has 2 aromatic heterocycles. The fourth-order valence-electron chi connectivity index (χ4n) is 4.56. The molecule has 0 saturated heterocycles. The van der Waals surface area contributed by atoms with Crippen molar-refractivity contribution in [3.8, 4) is 5.88 Å². The Kier molecular flexibility index (Phi) is 7.43. The second-order valence-electron chi connectivity index (χ2n) is 8.83. The van der Waals surface area contributed by atoms with Gasteiger partial charge in [0.25, 0.3) is 0 Å². The highest BCUT2D eigenvalue weighted by Gasteiger charge is 2.31. The van der Waals surface area contributed by atoms with E-state index in [0.717, 1.165) is 36.9 Å². The van der Waals surface area contributed by atoms with Gasteiger partial charge in [0.05, 0.1) is 19.6 Å². The minimum absolute atomic E-state index is 0.0742. The van der Waals surface area contributed by atoms with Crippen molar-refractivity contribution in [2.75, 3.05) is 12.4 Å². The van der Waals surface area contributed by atoms with E-state index >= 15 is 0 Å². The zero-order valence-electron chi connectivity index (χ0n) is 18.8. The lowest BCUT2D eigenvalue weighted by molar-refractivity contribution is -0.115. The standard InChI is InChI=1S/C23H31N5O5/c1-32-22-11-14(8-9-24-22)10-21(30)26-20-13-19(27-28-20)15-2-7-18(12-15)33-23(31)25-16-3-5-17(29)6-4-16/h8-9,11,13,15-18,29H,2-7,10,12H2,1H3,(H,25,31)(H2,26,27,28,30)/t15-,16-,17-,18+/m1/s1. The number of aliphatic hydroxyl groups excluding tert-OH is 1. The minimum Gasteiger partial charge on any atom is -0.481 e. The average molecular weight is 458 g/mol. The maximum absolute atomic E-state index is 12.4. The van der Waals surface area contributed by atoms with Crippen LogP contribution >= 0.6 is 0 Å². The number of alkyl carbamates (subject to hydrolysis) is 1. The van der Waals surface area contributed by atoms with Gasteiger partial charge in [0.2, 0.25) is 11.8 Å². The van der Waals surface area contributed by atoms with Crippen LogP contribution in [0.25, 0.3) is 0 Å². The summed E-state index contributed by atoms with van der Waals surface area (Å²) in [5.74, 6) is 0.945. The molecule has 0 aromatic carbocycles. The molecular weight excluding hydrogens is 426 g/mol. The van der Waals surface area contributed by atoms with Crippen LogP contribution < -0.4 is 15.4 Å². The van der Waals surface area contributed by atoms with Crippen LogP contribution in [-0.2, 0) is 16.0 Å². The molecule has 0 aliphatic heterocycles. The van der Waals surface area contributed by atoms with Crippen LogP contribution in [0.15, 0.2) is 24.4 Å². The van der Waals surface area contributed by atoms with Crippen molar-refractivity contribution in [1.82, 2.24) is 20.5 Å². The number of aromatic amines is 1. The second kappa shape index (κ2) is 10.7. The Labute approximate surface area is 192 Å². The van der Waals surface area contributed by atoms with Crippen LogP contribution in [0.3, 0.4) is 0 Å². The van der Waals surface area contributed by atoms with Gasteiger partial charge in [-0.3, -0.25) is 9.89 Å². The van der Waals surface area contributed by atoms with Crippen molar-refractivity contribution in [2.24, 2.45) is 0 Å². The number of pyridine rings is 1. The van der Waals surface area contributed by atoms with E-state index in [4.69, 9.17) is 9.47 Å². The molecule has 0 bridgehead atoms. The number of carbonyl (C=O) groups is 2. The van der Waals surface area contributed by atoms with Crippen molar-refractivity contribution in [3.05, 3.63) is 35.7 Å². The number of amides is 2. The van der Waals surface area contributed by atoms with Crippen molar-refractivity contribution in [1.29, 1.82) is 0 Å². The van der Waals surface area contributed by atoms with Gasteiger partial charge >= 0.3 is 6.09 Å². The monoisotopic (exact) mass is 457 g/mol. The van der Waals surface area contributed by atoms with E-state index in [9.17, 15) is 14.7 Å². The van der Waals surface area contributed by atoms with Gasteiger partial charge in [0, 0.05) is 36.0 Å². The highest BCUT2D eigenvalue weighted by atomic mass is 16.6. The SMILES string of the molecule is COc1cc(CC(=O)Nc2cc([C@@H]3CC[C@H](OC(=O)N[C@H]4CC[C@H](O)CC4)C3)[nH]n2)ccn1. The number of methoxy groups -OCH3 is 1. The molecular formula is C23H31N5O5. The number of ether oxygens (including phenoxy) is 2. The van der Waals surface area contributed by atoms with Crippen molar-refractivity contribution >= 4 is 17.8 Å². The summed E-state index contributed by atoms with van der Waals surface area (Å²) in [6, 6.07) is 5.41. The molecule has 178 valence electrons. The molecule has 2 amide bonds. The molecule has 2 atom stereocenters. The summed E-state index contributed by atoms with van der Waals surface area (Å²) in [7, 11) is 1.53. The first-order chi connectivity index (χ1) is 16.0. The summed E-state index contributed by atoms with van der Waals surface area (Å²) >= 11 is 0. The van der Waals surface area contributed by atoms with E-state index in [0.29, 0.717) is 31.0 Å². The molecule has 2 saturated carbocycles. The maximum Gasteiger partial charge on any atom is 0.407 e. The highest BCUT2D eigenvalue weighted by molar-refractivity contribution is 5.91. The molecule has 4 N–H and O–H groups in total. The Morgan fingerprint density at radius 3 is 2.79 bits per heavy atom. The lowest BCUT2D eigenvalue weighted by Gasteiger charge is -2.26. The number of H-pyrrole nitrogens is 1. The molecule has 2 aromatic rings. The molecule has 2 fully saturated rings. The third kappa shape index (κ3) is 6.44. The first kappa shape index (κ1) is 23.0. The molecule has 10 nitrogen and oxygen atoms in total. The lowest BCUT2D eigenvalue weighted by Crippen LogP contribution is -2.40. The lowest BCUT2D eigenvalue weighted by atomic mass is 9.93. The number of carbonyl (C=O) groups excluding carboxylic acids is 2. The van der Waals surface area contributed by atoms with Crippen molar-refractivity contribution < 1.29 is 24.2 Å². The van der Waals surface area contributed by atoms with Crippen LogP contribution in [-0.4, -0.2) is 57.6 Å². The van der Waals surface area contributed by atoms with Gasteiger partial charge in [-0.05, 0) is 56.6 Å². The van der Waals surface area contributed by atoms with Gasteiger partial charge in [0.15, 0.2) is 5.82 Å². The number of hydrogen-bond acceptors (Lipinski definition) is 7. The number of aliphatic hydroxyl groups is 1. The van der Waals surface area contributed by atoms with Crippen LogP contribution in [0.5, 0.6) is 5.88 Å². The van der Waals surface area contributed by atoms with E-state index < -0.39 is 0 Å². The van der Waals surface area contributed by atoms with Gasteiger partial charge < -0.3 is 25.2 Å². The fourth-order valence-corrected chi connectivity index (χ4v) is 4.56. The third-order valence-electron chi connectivity index (χ3n) is 6.35. The second-order valence-corrected chi connectivity index (χ2v) is 8.83. The van der Waals surface area contributed by atoms with Crippen molar-refractivity contribution in [2.45, 2.75) is 75.5 Å². The average Bonchev–Trinajstić information content (AvgIpc) is 3.45. The Morgan fingerprint density at radius 2 is 2.00 bits per heavy atom. The molecule has 0 radical (unpaired) electrons. The summed E-state index contributed by atoms with van der Waals surface area (Å²) in [5.41, 5.74) is 1.72. The smallest absolute Gasteiger partial charge is 0.407 e. The molecule has 10 heteroatoms. The minimum atomic E-state index is -0.382. The first-order valence-corrected chi connectivity index (χ1v) is 11.5. The van der Waals surface area contributed by atoms with Crippen molar-refractivity contribution in [3.63, 3.8) is 0 Å². The summed E-state index contributed by atoms with van der Waals surface area (Å²) in [6.07, 6.45) is 6.37. The zero-order valence-corrected chi connectivity index (χ0v) is 18.8. The Bertz CT molecular complexity index is 956. The normalized spacial score (nSPS) is 24.8. The van der Waals surface area contributed by atoms with E-state index in [1.54, 1.807) is 18.3 Å². The molecule has 2 heterocycles. The molecule has 33 heavy (non-hydrogen) atoms.